The summed E-state index contributed by atoms with van der Waals surface area (Å²) in [6.45, 7) is 0. The third-order valence-corrected chi connectivity index (χ3v) is 3.07. The number of imidazole rings is 1. The maximum absolute atomic E-state index is 6.07. The van der Waals surface area contributed by atoms with Crippen LogP contribution in [0.2, 0.25) is 10.0 Å². The molecule has 2 aromatic rings. The summed E-state index contributed by atoms with van der Waals surface area (Å²) in [5.74, 6) is 0. The van der Waals surface area contributed by atoms with Crippen molar-refractivity contribution in [1.29, 1.82) is 0 Å². The van der Waals surface area contributed by atoms with Crippen LogP contribution in [-0.4, -0.2) is 9.55 Å². The van der Waals surface area contributed by atoms with Crippen molar-refractivity contribution in [3.05, 3.63) is 46.5 Å². The van der Waals surface area contributed by atoms with Crippen molar-refractivity contribution in [3.63, 3.8) is 0 Å². The van der Waals surface area contributed by atoms with E-state index in [1.165, 1.54) is 0 Å². The number of benzene rings is 1. The van der Waals surface area contributed by atoms with Crippen LogP contribution in [0.4, 0.5) is 0 Å². The van der Waals surface area contributed by atoms with Crippen LogP contribution in [0.1, 0.15) is 5.69 Å². The molecule has 0 saturated heterocycles. The normalized spacial score (nSPS) is 10.6. The molecule has 0 fully saturated rings. The summed E-state index contributed by atoms with van der Waals surface area (Å²) in [7, 11) is 0. The number of halogens is 3. The molecule has 2 rings (SSSR count). The monoisotopic (exact) mass is 304 g/mol. The second-order valence-corrected chi connectivity index (χ2v) is 4.41. The van der Waals surface area contributed by atoms with E-state index < -0.39 is 0 Å². The third-order valence-electron chi connectivity index (χ3n) is 1.96. The third kappa shape index (κ3) is 2.36. The van der Waals surface area contributed by atoms with Gasteiger partial charge in [-0.2, -0.15) is 0 Å². The lowest BCUT2D eigenvalue weighted by Gasteiger charge is -2.04. The van der Waals surface area contributed by atoms with E-state index >= 15 is 0 Å². The van der Waals surface area contributed by atoms with Crippen molar-refractivity contribution in [2.75, 3.05) is 0 Å². The van der Waals surface area contributed by atoms with Gasteiger partial charge in [-0.1, -0.05) is 39.1 Å². The first-order chi connectivity index (χ1) is 7.20. The van der Waals surface area contributed by atoms with E-state index in [-0.39, 0.29) is 0 Å². The predicted molar refractivity (Wildman–Crippen MR) is 66.2 cm³/mol. The highest BCUT2D eigenvalue weighted by atomic mass is 79.9. The molecule has 0 spiro atoms. The van der Waals surface area contributed by atoms with E-state index in [1.54, 1.807) is 18.5 Å². The van der Waals surface area contributed by atoms with Crippen molar-refractivity contribution < 1.29 is 0 Å². The molecular formula is C10H7BrCl2N2. The lowest BCUT2D eigenvalue weighted by atomic mass is 10.3. The first-order valence-electron chi connectivity index (χ1n) is 4.25. The summed E-state index contributed by atoms with van der Waals surface area (Å²) in [4.78, 5) is 4.20. The van der Waals surface area contributed by atoms with Crippen molar-refractivity contribution in [2.45, 2.75) is 5.33 Å². The molecule has 78 valence electrons. The first-order valence-corrected chi connectivity index (χ1v) is 6.12. The van der Waals surface area contributed by atoms with Gasteiger partial charge in [0.05, 0.1) is 22.7 Å². The Hall–Kier alpha value is -0.510. The van der Waals surface area contributed by atoms with Gasteiger partial charge in [-0.05, 0) is 18.2 Å². The van der Waals surface area contributed by atoms with Gasteiger partial charge >= 0.3 is 0 Å². The zero-order chi connectivity index (χ0) is 10.8. The highest BCUT2D eigenvalue weighted by molar-refractivity contribution is 9.08. The van der Waals surface area contributed by atoms with Gasteiger partial charge in [-0.25, -0.2) is 4.98 Å². The Labute approximate surface area is 106 Å². The number of nitrogens with zero attached hydrogens (tertiary/aromatic N) is 2. The number of hydrogen-bond donors (Lipinski definition) is 0. The number of alkyl halides is 1. The van der Waals surface area contributed by atoms with Gasteiger partial charge in [0.2, 0.25) is 0 Å². The molecular weight excluding hydrogens is 299 g/mol. The highest BCUT2D eigenvalue weighted by Crippen LogP contribution is 2.24. The molecule has 0 bridgehead atoms. The SMILES string of the molecule is Clc1ccc(-n2cnc(CBr)c2)c(Cl)c1. The van der Waals surface area contributed by atoms with E-state index in [0.29, 0.717) is 10.0 Å². The quantitative estimate of drug-likeness (QED) is 0.765. The Morgan fingerprint density at radius 2 is 2.13 bits per heavy atom. The Bertz CT molecular complexity index is 482. The molecule has 0 aliphatic carbocycles. The zero-order valence-electron chi connectivity index (χ0n) is 7.62. The zero-order valence-corrected chi connectivity index (χ0v) is 10.7. The van der Waals surface area contributed by atoms with Gasteiger partial charge in [0.25, 0.3) is 0 Å². The molecule has 0 atom stereocenters. The van der Waals surface area contributed by atoms with Gasteiger partial charge in [0, 0.05) is 16.5 Å². The maximum atomic E-state index is 6.07. The average molecular weight is 306 g/mol. The average Bonchev–Trinajstić information content (AvgIpc) is 2.66. The minimum absolute atomic E-state index is 0.612. The van der Waals surface area contributed by atoms with Crippen LogP contribution in [0.5, 0.6) is 0 Å². The second kappa shape index (κ2) is 4.56. The number of aromatic nitrogens is 2. The standard InChI is InChI=1S/C10H7BrCl2N2/c11-4-8-5-15(6-14-8)10-2-1-7(12)3-9(10)13/h1-3,5-6H,4H2. The van der Waals surface area contributed by atoms with Crippen LogP contribution in [-0.2, 0) is 5.33 Å². The molecule has 1 aromatic heterocycles. The lowest BCUT2D eigenvalue weighted by molar-refractivity contribution is 1.06. The molecule has 15 heavy (non-hydrogen) atoms. The van der Waals surface area contributed by atoms with Gasteiger partial charge in [-0.15, -0.1) is 0 Å². The van der Waals surface area contributed by atoms with Gasteiger partial charge in [0.15, 0.2) is 0 Å². The van der Waals surface area contributed by atoms with Crippen LogP contribution in [0.15, 0.2) is 30.7 Å². The number of hydrogen-bond acceptors (Lipinski definition) is 1. The minimum Gasteiger partial charge on any atom is -0.304 e. The minimum atomic E-state index is 0.612. The van der Waals surface area contributed by atoms with Crippen LogP contribution in [0, 0.1) is 0 Å². The molecule has 0 saturated carbocycles. The molecule has 0 unspecified atom stereocenters. The maximum Gasteiger partial charge on any atom is 0.0996 e. The van der Waals surface area contributed by atoms with Crippen LogP contribution >= 0.6 is 39.1 Å². The molecule has 0 aliphatic heterocycles. The second-order valence-electron chi connectivity index (χ2n) is 3.00. The molecule has 0 aliphatic rings. The summed E-state index contributed by atoms with van der Waals surface area (Å²) in [6.07, 6.45) is 3.65. The van der Waals surface area contributed by atoms with Crippen LogP contribution in [0.25, 0.3) is 5.69 Å². The van der Waals surface area contributed by atoms with Gasteiger partial charge in [-0.3, -0.25) is 0 Å². The molecule has 0 N–H and O–H groups in total. The van der Waals surface area contributed by atoms with E-state index in [9.17, 15) is 0 Å². The van der Waals surface area contributed by atoms with Gasteiger partial charge in [0.1, 0.15) is 0 Å². The van der Waals surface area contributed by atoms with E-state index in [0.717, 1.165) is 16.7 Å². The molecule has 0 radical (unpaired) electrons. The topological polar surface area (TPSA) is 17.8 Å². The van der Waals surface area contributed by atoms with Crippen molar-refractivity contribution in [3.8, 4) is 5.69 Å². The molecule has 1 aromatic carbocycles. The van der Waals surface area contributed by atoms with Crippen molar-refractivity contribution in [1.82, 2.24) is 9.55 Å². The smallest absolute Gasteiger partial charge is 0.0996 e. The Kier molecular flexibility index (Phi) is 3.34. The molecule has 5 heteroatoms. The van der Waals surface area contributed by atoms with Crippen molar-refractivity contribution >= 4 is 39.1 Å². The van der Waals surface area contributed by atoms with Crippen molar-refractivity contribution in [2.24, 2.45) is 0 Å². The summed E-state index contributed by atoms with van der Waals surface area (Å²) >= 11 is 15.2. The van der Waals surface area contributed by atoms with E-state index in [2.05, 4.69) is 20.9 Å². The summed E-state index contributed by atoms with van der Waals surface area (Å²) < 4.78 is 1.87. The first kappa shape index (κ1) is 11.0. The molecule has 1 heterocycles. The van der Waals surface area contributed by atoms with Crippen LogP contribution in [0.3, 0.4) is 0 Å². The van der Waals surface area contributed by atoms with E-state index in [1.807, 2.05) is 16.8 Å². The van der Waals surface area contributed by atoms with Gasteiger partial charge < -0.3 is 4.57 Å². The summed E-state index contributed by atoms with van der Waals surface area (Å²) in [5.41, 5.74) is 1.83. The summed E-state index contributed by atoms with van der Waals surface area (Å²) in [6, 6.07) is 5.38. The lowest BCUT2D eigenvalue weighted by Crippen LogP contribution is -1.90. The Balaban J connectivity index is 2.44. The Morgan fingerprint density at radius 1 is 1.33 bits per heavy atom. The summed E-state index contributed by atoms with van der Waals surface area (Å²) in [5, 5.41) is 1.97. The fourth-order valence-corrected chi connectivity index (χ4v) is 2.05. The molecule has 0 amide bonds. The molecule has 2 nitrogen and oxygen atoms in total. The Morgan fingerprint density at radius 3 is 2.73 bits per heavy atom. The predicted octanol–water partition coefficient (Wildman–Crippen LogP) is 4.07. The van der Waals surface area contributed by atoms with Crippen LogP contribution < -0.4 is 0 Å². The number of rotatable bonds is 2. The highest BCUT2D eigenvalue weighted by Gasteiger charge is 2.04. The fraction of sp³-hybridized carbons (Fsp3) is 0.100. The fourth-order valence-electron chi connectivity index (χ4n) is 1.25. The largest absolute Gasteiger partial charge is 0.304 e. The van der Waals surface area contributed by atoms with E-state index in [4.69, 9.17) is 23.2 Å².